The summed E-state index contributed by atoms with van der Waals surface area (Å²) in [5.41, 5.74) is 0. The Labute approximate surface area is 84.3 Å². The van der Waals surface area contributed by atoms with Gasteiger partial charge in [0.25, 0.3) is 0 Å². The summed E-state index contributed by atoms with van der Waals surface area (Å²) in [5, 5.41) is 6.39. The first-order valence-corrected chi connectivity index (χ1v) is 4.87. The predicted octanol–water partition coefficient (Wildman–Crippen LogP) is 0.465. The average Bonchev–Trinajstić information content (AvgIpc) is 2.00. The summed E-state index contributed by atoms with van der Waals surface area (Å²) in [4.78, 5) is 8.29. The monoisotopic (exact) mass is 276 g/mol. The molecule has 0 bridgehead atoms. The predicted molar refractivity (Wildman–Crippen MR) is 55.0 cm³/mol. The molecule has 2 N–H and O–H groups in total. The smallest absolute Gasteiger partial charge is 0.222 e. The molecule has 0 amide bonds. The summed E-state index contributed by atoms with van der Waals surface area (Å²) in [6.45, 7) is 2.02. The van der Waals surface area contributed by atoms with E-state index in [0.29, 0.717) is 6.04 Å². The van der Waals surface area contributed by atoms with Gasteiger partial charge in [0.1, 0.15) is 0 Å². The highest BCUT2D eigenvalue weighted by Crippen LogP contribution is 2.05. The molecule has 1 aromatic rings. The molecule has 1 aromatic heterocycles. The zero-order valence-corrected chi connectivity index (χ0v) is 8.58. The van der Waals surface area contributed by atoms with Crippen LogP contribution in [0.25, 0.3) is 0 Å². The Hall–Kier alpha value is -0.430. The van der Waals surface area contributed by atoms with Crippen LogP contribution >= 0.6 is 22.6 Å². The van der Waals surface area contributed by atoms with Crippen LogP contribution in [0, 0.1) is 3.57 Å². The van der Waals surface area contributed by atoms with Crippen LogP contribution in [0.15, 0.2) is 12.4 Å². The van der Waals surface area contributed by atoms with Crippen molar-refractivity contribution >= 4 is 28.5 Å². The van der Waals surface area contributed by atoms with Crippen molar-refractivity contribution in [2.24, 2.45) is 0 Å². The van der Waals surface area contributed by atoms with Crippen LogP contribution in [0.4, 0.5) is 5.95 Å². The molecule has 0 saturated carbocycles. The number of nitrogens with one attached hydrogen (secondary N) is 2. The van der Waals surface area contributed by atoms with Gasteiger partial charge in [-0.05, 0) is 22.6 Å². The number of hydrogen-bond acceptors (Lipinski definition) is 4. The Morgan fingerprint density at radius 1 is 1.42 bits per heavy atom. The van der Waals surface area contributed by atoms with Gasteiger partial charge in [-0.1, -0.05) is 0 Å². The first-order valence-electron chi connectivity index (χ1n) is 3.79. The van der Waals surface area contributed by atoms with Crippen LogP contribution in [-0.2, 0) is 0 Å². The number of aromatic nitrogens is 2. The Balaban J connectivity index is 1.98. The maximum absolute atomic E-state index is 4.14. The molecule has 2 rings (SSSR count). The van der Waals surface area contributed by atoms with Gasteiger partial charge in [-0.2, -0.15) is 0 Å². The van der Waals surface area contributed by atoms with Gasteiger partial charge in [-0.3, -0.25) is 0 Å². The molecule has 1 aliphatic rings. The molecule has 0 atom stereocenters. The molecule has 1 aliphatic heterocycles. The molecule has 0 spiro atoms. The van der Waals surface area contributed by atoms with Crippen molar-refractivity contribution in [1.82, 2.24) is 15.3 Å². The quantitative estimate of drug-likeness (QED) is 0.771. The van der Waals surface area contributed by atoms with Crippen molar-refractivity contribution in [1.29, 1.82) is 0 Å². The molecule has 64 valence electrons. The van der Waals surface area contributed by atoms with Gasteiger partial charge in [0.2, 0.25) is 5.95 Å². The minimum atomic E-state index is 0.505. The molecule has 0 aromatic carbocycles. The van der Waals surface area contributed by atoms with E-state index in [1.54, 1.807) is 0 Å². The normalized spacial score (nSPS) is 17.1. The lowest BCUT2D eigenvalue weighted by Gasteiger charge is -2.27. The number of anilines is 1. The van der Waals surface area contributed by atoms with Gasteiger partial charge >= 0.3 is 0 Å². The lowest BCUT2D eigenvalue weighted by Crippen LogP contribution is -2.51. The summed E-state index contributed by atoms with van der Waals surface area (Å²) in [7, 11) is 0. The fourth-order valence-corrected chi connectivity index (χ4v) is 1.24. The molecule has 5 heteroatoms. The molecule has 1 saturated heterocycles. The Kier molecular flexibility index (Phi) is 2.40. The largest absolute Gasteiger partial charge is 0.349 e. The lowest BCUT2D eigenvalue weighted by molar-refractivity contribution is 0.469. The van der Waals surface area contributed by atoms with Crippen LogP contribution in [0.1, 0.15) is 0 Å². The summed E-state index contributed by atoms with van der Waals surface area (Å²) >= 11 is 2.19. The van der Waals surface area contributed by atoms with Gasteiger partial charge < -0.3 is 10.6 Å². The van der Waals surface area contributed by atoms with Crippen LogP contribution < -0.4 is 10.6 Å². The first-order chi connectivity index (χ1) is 5.84. The Bertz CT molecular complexity index is 257. The topological polar surface area (TPSA) is 49.8 Å². The number of hydrogen-bond donors (Lipinski definition) is 2. The lowest BCUT2D eigenvalue weighted by atomic mass is 10.2. The molecule has 4 nitrogen and oxygen atoms in total. The third-order valence-electron chi connectivity index (χ3n) is 1.74. The highest BCUT2D eigenvalue weighted by molar-refractivity contribution is 14.1. The summed E-state index contributed by atoms with van der Waals surface area (Å²) in [6, 6.07) is 0.505. The van der Waals surface area contributed by atoms with E-state index < -0.39 is 0 Å². The van der Waals surface area contributed by atoms with Crippen molar-refractivity contribution < 1.29 is 0 Å². The second-order valence-electron chi connectivity index (χ2n) is 2.72. The molecular weight excluding hydrogens is 267 g/mol. The highest BCUT2D eigenvalue weighted by atomic mass is 127. The minimum Gasteiger partial charge on any atom is -0.349 e. The van der Waals surface area contributed by atoms with Crippen molar-refractivity contribution in [3.63, 3.8) is 0 Å². The van der Waals surface area contributed by atoms with Crippen LogP contribution in [0.5, 0.6) is 0 Å². The van der Waals surface area contributed by atoms with Crippen LogP contribution in [0.3, 0.4) is 0 Å². The maximum Gasteiger partial charge on any atom is 0.222 e. The maximum atomic E-state index is 4.14. The zero-order valence-electron chi connectivity index (χ0n) is 6.42. The molecule has 2 heterocycles. The summed E-state index contributed by atoms with van der Waals surface area (Å²) in [6.07, 6.45) is 3.62. The molecule has 0 unspecified atom stereocenters. The fraction of sp³-hybridized carbons (Fsp3) is 0.429. The van der Waals surface area contributed by atoms with Gasteiger partial charge in [0, 0.05) is 29.1 Å². The second kappa shape index (κ2) is 3.53. The van der Waals surface area contributed by atoms with E-state index in [-0.39, 0.29) is 0 Å². The minimum absolute atomic E-state index is 0.505. The number of rotatable bonds is 2. The average molecular weight is 276 g/mol. The van der Waals surface area contributed by atoms with E-state index >= 15 is 0 Å². The van der Waals surface area contributed by atoms with E-state index in [9.17, 15) is 0 Å². The second-order valence-corrected chi connectivity index (χ2v) is 3.97. The number of halogens is 1. The van der Waals surface area contributed by atoms with E-state index in [4.69, 9.17) is 0 Å². The molecule has 0 radical (unpaired) electrons. The molecular formula is C7H9IN4. The summed E-state index contributed by atoms with van der Waals surface area (Å²) in [5.74, 6) is 0.724. The van der Waals surface area contributed by atoms with Gasteiger partial charge in [0.05, 0.1) is 6.04 Å². The van der Waals surface area contributed by atoms with E-state index in [0.717, 1.165) is 22.6 Å². The summed E-state index contributed by atoms with van der Waals surface area (Å²) < 4.78 is 1.06. The zero-order chi connectivity index (χ0) is 8.39. The van der Waals surface area contributed by atoms with Gasteiger partial charge in [-0.25, -0.2) is 9.97 Å². The Morgan fingerprint density at radius 3 is 2.58 bits per heavy atom. The standard InChI is InChI=1S/C7H9IN4/c8-5-1-10-7(11-2-5)12-6-3-9-4-6/h1-2,6,9H,3-4H2,(H,10,11,12). The fourth-order valence-electron chi connectivity index (χ4n) is 0.960. The highest BCUT2D eigenvalue weighted by Gasteiger charge is 2.16. The van der Waals surface area contributed by atoms with Gasteiger partial charge in [-0.15, -0.1) is 0 Å². The molecule has 0 aliphatic carbocycles. The van der Waals surface area contributed by atoms with Crippen molar-refractivity contribution in [2.75, 3.05) is 18.4 Å². The van der Waals surface area contributed by atoms with Crippen molar-refractivity contribution in [2.45, 2.75) is 6.04 Å². The third kappa shape index (κ3) is 1.84. The van der Waals surface area contributed by atoms with Crippen molar-refractivity contribution in [3.05, 3.63) is 16.0 Å². The SMILES string of the molecule is Ic1cnc(NC2CNC2)nc1. The Morgan fingerprint density at radius 2 is 2.08 bits per heavy atom. The van der Waals surface area contributed by atoms with E-state index in [1.807, 2.05) is 12.4 Å². The molecule has 12 heavy (non-hydrogen) atoms. The molecule has 1 fully saturated rings. The van der Waals surface area contributed by atoms with Crippen molar-refractivity contribution in [3.8, 4) is 0 Å². The van der Waals surface area contributed by atoms with E-state index in [2.05, 4.69) is 43.2 Å². The van der Waals surface area contributed by atoms with Crippen LogP contribution in [-0.4, -0.2) is 29.1 Å². The van der Waals surface area contributed by atoms with Crippen LogP contribution in [0.2, 0.25) is 0 Å². The van der Waals surface area contributed by atoms with Gasteiger partial charge in [0.15, 0.2) is 0 Å². The number of nitrogens with zero attached hydrogens (tertiary/aromatic N) is 2. The van der Waals surface area contributed by atoms with E-state index in [1.165, 1.54) is 0 Å². The third-order valence-corrected chi connectivity index (χ3v) is 2.29. The first kappa shape index (κ1) is 8.18.